The number of carbonyl (C=O) groups is 2. The standard InChI is InChI=1S/C23H35F2NO3/c1-4-5-6-7-8-9-10-11-15-29-23(28)20(16-17(2)3)26-22(27)21-18(24)13-12-14-19(21)25/h12-14,17,20H,4-11,15-16H2,1-3H3,(H,26,27). The van der Waals surface area contributed by atoms with E-state index in [-0.39, 0.29) is 12.5 Å². The zero-order valence-corrected chi connectivity index (χ0v) is 17.9. The van der Waals surface area contributed by atoms with E-state index in [0.717, 1.165) is 31.4 Å². The Labute approximate surface area is 173 Å². The van der Waals surface area contributed by atoms with Crippen LogP contribution in [0.5, 0.6) is 0 Å². The van der Waals surface area contributed by atoms with Crippen molar-refractivity contribution in [2.45, 2.75) is 84.6 Å². The monoisotopic (exact) mass is 411 g/mol. The molecule has 1 N–H and O–H groups in total. The molecule has 29 heavy (non-hydrogen) atoms. The van der Waals surface area contributed by atoms with Crippen LogP contribution in [0.1, 0.15) is 88.9 Å². The molecule has 0 aliphatic carbocycles. The Morgan fingerprint density at radius 1 is 0.966 bits per heavy atom. The van der Waals surface area contributed by atoms with Crippen molar-refractivity contribution in [3.63, 3.8) is 0 Å². The smallest absolute Gasteiger partial charge is 0.328 e. The fourth-order valence-corrected chi connectivity index (χ4v) is 3.14. The Kier molecular flexibility index (Phi) is 12.2. The Balaban J connectivity index is 2.47. The molecule has 4 nitrogen and oxygen atoms in total. The van der Waals surface area contributed by atoms with Crippen molar-refractivity contribution in [1.29, 1.82) is 0 Å². The maximum Gasteiger partial charge on any atom is 0.328 e. The summed E-state index contributed by atoms with van der Waals surface area (Å²) in [5.41, 5.74) is -0.683. The van der Waals surface area contributed by atoms with Gasteiger partial charge in [-0.05, 0) is 30.9 Å². The molecular formula is C23H35F2NO3. The number of esters is 1. The second-order valence-corrected chi connectivity index (χ2v) is 7.89. The van der Waals surface area contributed by atoms with E-state index < -0.39 is 35.1 Å². The maximum absolute atomic E-state index is 13.8. The summed E-state index contributed by atoms with van der Waals surface area (Å²) >= 11 is 0. The topological polar surface area (TPSA) is 55.4 Å². The third-order valence-electron chi connectivity index (χ3n) is 4.73. The van der Waals surface area contributed by atoms with Gasteiger partial charge in [-0.2, -0.15) is 0 Å². The first-order valence-electron chi connectivity index (χ1n) is 10.8. The number of nitrogens with one attached hydrogen (secondary N) is 1. The van der Waals surface area contributed by atoms with Crippen molar-refractivity contribution in [3.05, 3.63) is 35.4 Å². The van der Waals surface area contributed by atoms with Crippen LogP contribution in [0, 0.1) is 17.6 Å². The van der Waals surface area contributed by atoms with Gasteiger partial charge in [0.15, 0.2) is 0 Å². The van der Waals surface area contributed by atoms with Crippen molar-refractivity contribution in [3.8, 4) is 0 Å². The minimum Gasteiger partial charge on any atom is -0.464 e. The molecule has 0 aromatic heterocycles. The van der Waals surface area contributed by atoms with Gasteiger partial charge in [-0.15, -0.1) is 0 Å². The predicted octanol–water partition coefficient (Wildman–Crippen LogP) is 5.79. The lowest BCUT2D eigenvalue weighted by atomic mass is 10.0. The average molecular weight is 412 g/mol. The van der Waals surface area contributed by atoms with E-state index >= 15 is 0 Å². The number of carbonyl (C=O) groups excluding carboxylic acids is 2. The van der Waals surface area contributed by atoms with E-state index in [1.807, 2.05) is 13.8 Å². The van der Waals surface area contributed by atoms with Crippen LogP contribution >= 0.6 is 0 Å². The van der Waals surface area contributed by atoms with Gasteiger partial charge in [0.1, 0.15) is 23.2 Å². The van der Waals surface area contributed by atoms with Gasteiger partial charge in [0, 0.05) is 0 Å². The summed E-state index contributed by atoms with van der Waals surface area (Å²) in [7, 11) is 0. The van der Waals surface area contributed by atoms with Gasteiger partial charge in [-0.25, -0.2) is 13.6 Å². The first kappa shape index (κ1) is 25.1. The van der Waals surface area contributed by atoms with E-state index in [4.69, 9.17) is 4.74 Å². The molecule has 1 unspecified atom stereocenters. The lowest BCUT2D eigenvalue weighted by Gasteiger charge is -2.19. The number of benzene rings is 1. The normalized spacial score (nSPS) is 12.1. The van der Waals surface area contributed by atoms with Crippen LogP contribution in [0.15, 0.2) is 18.2 Å². The molecule has 1 atom stereocenters. The van der Waals surface area contributed by atoms with Crippen LogP contribution in [0.3, 0.4) is 0 Å². The highest BCUT2D eigenvalue weighted by molar-refractivity contribution is 5.97. The van der Waals surface area contributed by atoms with Gasteiger partial charge in [0.05, 0.1) is 6.61 Å². The van der Waals surface area contributed by atoms with E-state index in [1.54, 1.807) is 0 Å². The van der Waals surface area contributed by atoms with Crippen molar-refractivity contribution in [2.24, 2.45) is 5.92 Å². The SMILES string of the molecule is CCCCCCCCCCOC(=O)C(CC(C)C)NC(=O)c1c(F)cccc1F. The van der Waals surface area contributed by atoms with Gasteiger partial charge >= 0.3 is 5.97 Å². The molecule has 1 amide bonds. The molecule has 0 spiro atoms. The van der Waals surface area contributed by atoms with Gasteiger partial charge in [-0.3, -0.25) is 4.79 Å². The number of unbranched alkanes of at least 4 members (excludes halogenated alkanes) is 7. The molecule has 6 heteroatoms. The van der Waals surface area contributed by atoms with Crippen molar-refractivity contribution in [2.75, 3.05) is 6.61 Å². The lowest BCUT2D eigenvalue weighted by Crippen LogP contribution is -2.43. The molecule has 1 aromatic carbocycles. The molecular weight excluding hydrogens is 376 g/mol. The minimum absolute atomic E-state index is 0.0986. The van der Waals surface area contributed by atoms with Crippen LogP contribution in [-0.4, -0.2) is 24.5 Å². The first-order valence-corrected chi connectivity index (χ1v) is 10.8. The number of amides is 1. The van der Waals surface area contributed by atoms with Gasteiger partial charge < -0.3 is 10.1 Å². The first-order chi connectivity index (χ1) is 13.9. The summed E-state index contributed by atoms with van der Waals surface area (Å²) in [5, 5.41) is 2.43. The van der Waals surface area contributed by atoms with Gasteiger partial charge in [0.2, 0.25) is 0 Å². The second kappa shape index (κ2) is 14.1. The Hall–Kier alpha value is -1.98. The van der Waals surface area contributed by atoms with Crippen molar-refractivity contribution < 1.29 is 23.1 Å². The largest absolute Gasteiger partial charge is 0.464 e. The molecule has 0 bridgehead atoms. The van der Waals surface area contributed by atoms with Gasteiger partial charge in [0.25, 0.3) is 5.91 Å². The molecule has 1 rings (SSSR count). The minimum atomic E-state index is -0.960. The predicted molar refractivity (Wildman–Crippen MR) is 111 cm³/mol. The van der Waals surface area contributed by atoms with Crippen molar-refractivity contribution in [1.82, 2.24) is 5.32 Å². The number of halogens is 2. The maximum atomic E-state index is 13.8. The highest BCUT2D eigenvalue weighted by Gasteiger charge is 2.26. The van der Waals surface area contributed by atoms with Gasteiger partial charge in [-0.1, -0.05) is 71.8 Å². The molecule has 0 saturated carbocycles. The Bertz CT molecular complexity index is 614. The number of rotatable bonds is 14. The summed E-state index contributed by atoms with van der Waals surface area (Å²) in [6.45, 7) is 6.27. The number of hydrogen-bond donors (Lipinski definition) is 1. The van der Waals surface area contributed by atoms with Crippen LogP contribution in [0.2, 0.25) is 0 Å². The van der Waals surface area contributed by atoms with Crippen LogP contribution < -0.4 is 5.32 Å². The summed E-state index contributed by atoms with van der Waals surface area (Å²) in [5.74, 6) is -3.33. The zero-order valence-electron chi connectivity index (χ0n) is 17.9. The summed E-state index contributed by atoms with van der Waals surface area (Å²) < 4.78 is 32.9. The Morgan fingerprint density at radius 2 is 1.52 bits per heavy atom. The zero-order chi connectivity index (χ0) is 21.6. The van der Waals surface area contributed by atoms with E-state index in [2.05, 4.69) is 12.2 Å². The quantitative estimate of drug-likeness (QED) is 0.311. The van der Waals surface area contributed by atoms with Crippen LogP contribution in [0.4, 0.5) is 8.78 Å². The van der Waals surface area contributed by atoms with E-state index in [1.165, 1.54) is 38.2 Å². The average Bonchev–Trinajstić information content (AvgIpc) is 2.65. The molecule has 164 valence electrons. The molecule has 0 saturated heterocycles. The summed E-state index contributed by atoms with van der Waals surface area (Å²) in [6, 6.07) is 2.27. The third kappa shape index (κ3) is 9.86. The Morgan fingerprint density at radius 3 is 2.07 bits per heavy atom. The van der Waals surface area contributed by atoms with Crippen LogP contribution in [0.25, 0.3) is 0 Å². The number of hydrogen-bond acceptors (Lipinski definition) is 3. The van der Waals surface area contributed by atoms with E-state index in [9.17, 15) is 18.4 Å². The van der Waals surface area contributed by atoms with E-state index in [0.29, 0.717) is 6.42 Å². The fourth-order valence-electron chi connectivity index (χ4n) is 3.14. The molecule has 0 radical (unpaired) electrons. The summed E-state index contributed by atoms with van der Waals surface area (Å²) in [6.07, 6.45) is 9.40. The second-order valence-electron chi connectivity index (χ2n) is 7.89. The fraction of sp³-hybridized carbons (Fsp3) is 0.652. The molecule has 0 fully saturated rings. The molecule has 0 aliphatic heterocycles. The highest BCUT2D eigenvalue weighted by atomic mass is 19.1. The molecule has 1 aromatic rings. The number of ether oxygens (including phenoxy) is 1. The lowest BCUT2D eigenvalue weighted by molar-refractivity contribution is -0.146. The summed E-state index contributed by atoms with van der Waals surface area (Å²) in [4.78, 5) is 24.7. The third-order valence-corrected chi connectivity index (χ3v) is 4.73. The molecule has 0 heterocycles. The van der Waals surface area contributed by atoms with Crippen molar-refractivity contribution >= 4 is 11.9 Å². The molecule has 0 aliphatic rings. The highest BCUT2D eigenvalue weighted by Crippen LogP contribution is 2.14. The van der Waals surface area contributed by atoms with Crippen LogP contribution in [-0.2, 0) is 9.53 Å².